The van der Waals surface area contributed by atoms with E-state index in [1.165, 1.54) is 10.7 Å². The maximum Gasteiger partial charge on any atom is 0.254 e. The van der Waals surface area contributed by atoms with Gasteiger partial charge >= 0.3 is 0 Å². The van der Waals surface area contributed by atoms with E-state index in [2.05, 4.69) is 0 Å². The number of carbonyl (C=O) groups excluding carboxylic acids is 1. The lowest BCUT2D eigenvalue weighted by atomic mass is 9.94. The Morgan fingerprint density at radius 1 is 1.12 bits per heavy atom. The second-order valence-electron chi connectivity index (χ2n) is 6.77. The fraction of sp³-hybridized carbons (Fsp3) is 0.632. The minimum Gasteiger partial charge on any atom is -0.339 e. The molecule has 1 aromatic carbocycles. The van der Waals surface area contributed by atoms with Gasteiger partial charge < -0.3 is 4.90 Å². The average molecular weight is 367 g/mol. The van der Waals surface area contributed by atoms with E-state index in [1.807, 2.05) is 27.8 Å². The highest BCUT2D eigenvalue weighted by Gasteiger charge is 2.27. The summed E-state index contributed by atoms with van der Waals surface area (Å²) in [4.78, 5) is 15.0. The minimum absolute atomic E-state index is 0.0824. The molecule has 1 saturated carbocycles. The lowest BCUT2D eigenvalue weighted by Gasteiger charge is -2.31. The summed E-state index contributed by atoms with van der Waals surface area (Å²) in [5.41, 5.74) is 1.30. The zero-order chi connectivity index (χ0) is 18.6. The van der Waals surface area contributed by atoms with Crippen molar-refractivity contribution in [3.8, 4) is 0 Å². The summed E-state index contributed by atoms with van der Waals surface area (Å²) in [6.07, 6.45) is 5.59. The maximum absolute atomic E-state index is 13.0. The number of benzene rings is 1. The summed E-state index contributed by atoms with van der Waals surface area (Å²) < 4.78 is 26.9. The zero-order valence-electron chi connectivity index (χ0n) is 15.8. The number of sulfonamides is 1. The van der Waals surface area contributed by atoms with Crippen molar-refractivity contribution in [3.63, 3.8) is 0 Å². The average Bonchev–Trinajstić information content (AvgIpc) is 2.62. The van der Waals surface area contributed by atoms with Crippen LogP contribution in [-0.4, -0.2) is 49.7 Å². The molecule has 0 spiro atoms. The van der Waals surface area contributed by atoms with E-state index in [-0.39, 0.29) is 16.8 Å². The van der Waals surface area contributed by atoms with Crippen molar-refractivity contribution in [2.45, 2.75) is 63.8 Å². The minimum atomic E-state index is -3.56. The van der Waals surface area contributed by atoms with Crippen LogP contribution in [-0.2, 0) is 10.0 Å². The normalized spacial score (nSPS) is 16.2. The van der Waals surface area contributed by atoms with Crippen LogP contribution in [0.4, 0.5) is 0 Å². The van der Waals surface area contributed by atoms with Gasteiger partial charge in [-0.05, 0) is 37.5 Å². The maximum atomic E-state index is 13.0. The Bertz CT molecular complexity index is 705. The largest absolute Gasteiger partial charge is 0.339 e. The third kappa shape index (κ3) is 4.23. The Hall–Kier alpha value is -1.40. The molecule has 1 amide bonds. The van der Waals surface area contributed by atoms with Gasteiger partial charge in [-0.1, -0.05) is 39.2 Å². The SMILES string of the molecule is CCN(CC)S(=O)(=O)c1ccc(C)c(C(=O)N(C)C2CCCCC2)c1. The van der Waals surface area contributed by atoms with Crippen LogP contribution < -0.4 is 0 Å². The highest BCUT2D eigenvalue weighted by atomic mass is 32.2. The van der Waals surface area contributed by atoms with Gasteiger partial charge in [0.15, 0.2) is 0 Å². The lowest BCUT2D eigenvalue weighted by Crippen LogP contribution is -2.38. The third-order valence-electron chi connectivity index (χ3n) is 5.23. The number of nitrogens with zero attached hydrogens (tertiary/aromatic N) is 2. The van der Waals surface area contributed by atoms with Gasteiger partial charge in [-0.2, -0.15) is 4.31 Å². The van der Waals surface area contributed by atoms with Crippen LogP contribution in [0.5, 0.6) is 0 Å². The van der Waals surface area contributed by atoms with Crippen LogP contribution in [0.2, 0.25) is 0 Å². The Balaban J connectivity index is 2.34. The van der Waals surface area contributed by atoms with E-state index >= 15 is 0 Å². The van der Waals surface area contributed by atoms with Gasteiger partial charge in [0.1, 0.15) is 0 Å². The number of rotatable bonds is 6. The van der Waals surface area contributed by atoms with Crippen LogP contribution in [0, 0.1) is 6.92 Å². The summed E-state index contributed by atoms with van der Waals surface area (Å²) >= 11 is 0. The molecule has 0 N–H and O–H groups in total. The second kappa shape index (κ2) is 8.32. The third-order valence-corrected chi connectivity index (χ3v) is 7.27. The smallest absolute Gasteiger partial charge is 0.254 e. The van der Waals surface area contributed by atoms with Crippen LogP contribution in [0.1, 0.15) is 61.9 Å². The molecule has 6 heteroatoms. The molecule has 5 nitrogen and oxygen atoms in total. The molecule has 1 aromatic rings. The summed E-state index contributed by atoms with van der Waals surface area (Å²) in [6.45, 7) is 6.32. The topological polar surface area (TPSA) is 57.7 Å². The molecule has 25 heavy (non-hydrogen) atoms. The highest BCUT2D eigenvalue weighted by molar-refractivity contribution is 7.89. The number of hydrogen-bond donors (Lipinski definition) is 0. The summed E-state index contributed by atoms with van der Waals surface area (Å²) in [5.74, 6) is -0.0824. The highest BCUT2D eigenvalue weighted by Crippen LogP contribution is 2.25. The molecule has 1 aliphatic carbocycles. The van der Waals surface area contributed by atoms with Crippen LogP contribution in [0.25, 0.3) is 0 Å². The molecular formula is C19H30N2O3S. The predicted octanol–water partition coefficient (Wildman–Crippen LogP) is 3.43. The molecule has 0 saturated heterocycles. The van der Waals surface area contributed by atoms with E-state index < -0.39 is 10.0 Å². The summed E-state index contributed by atoms with van der Waals surface area (Å²) in [7, 11) is -1.73. The predicted molar refractivity (Wildman–Crippen MR) is 100 cm³/mol. The molecule has 0 aliphatic heterocycles. The van der Waals surface area contributed by atoms with Gasteiger partial charge in [0.25, 0.3) is 5.91 Å². The van der Waals surface area contributed by atoms with E-state index in [1.54, 1.807) is 23.1 Å². The van der Waals surface area contributed by atoms with Gasteiger partial charge in [-0.3, -0.25) is 4.79 Å². The van der Waals surface area contributed by atoms with Gasteiger partial charge in [-0.25, -0.2) is 8.42 Å². The van der Waals surface area contributed by atoms with E-state index in [0.29, 0.717) is 18.7 Å². The van der Waals surface area contributed by atoms with E-state index in [9.17, 15) is 13.2 Å². The molecule has 140 valence electrons. The van der Waals surface area contributed by atoms with Crippen molar-refractivity contribution in [1.29, 1.82) is 0 Å². The monoisotopic (exact) mass is 366 g/mol. The molecule has 0 atom stereocenters. The van der Waals surface area contributed by atoms with E-state index in [0.717, 1.165) is 31.2 Å². The van der Waals surface area contributed by atoms with Gasteiger partial charge in [0, 0.05) is 31.7 Å². The van der Waals surface area contributed by atoms with Gasteiger partial charge in [-0.15, -0.1) is 0 Å². The number of aryl methyl sites for hydroxylation is 1. The molecule has 1 aliphatic rings. The molecule has 1 fully saturated rings. The van der Waals surface area contributed by atoms with Crippen LogP contribution in [0.15, 0.2) is 23.1 Å². The fourth-order valence-corrected chi connectivity index (χ4v) is 5.01. The van der Waals surface area contributed by atoms with Crippen molar-refractivity contribution in [2.75, 3.05) is 20.1 Å². The number of amides is 1. The Kier molecular flexibility index (Phi) is 6.63. The van der Waals surface area contributed by atoms with Crippen LogP contribution in [0.3, 0.4) is 0 Å². The molecule has 0 bridgehead atoms. The first-order valence-electron chi connectivity index (χ1n) is 9.20. The van der Waals surface area contributed by atoms with Crippen LogP contribution >= 0.6 is 0 Å². The standard InChI is InChI=1S/C19H30N2O3S/c1-5-21(6-2)25(23,24)17-13-12-15(3)18(14-17)19(22)20(4)16-10-8-7-9-11-16/h12-14,16H,5-11H2,1-4H3. The summed E-state index contributed by atoms with van der Waals surface area (Å²) in [5, 5.41) is 0. The Morgan fingerprint density at radius 3 is 2.28 bits per heavy atom. The Labute approximate surface area is 152 Å². The molecule has 0 radical (unpaired) electrons. The first kappa shape index (κ1) is 19.9. The second-order valence-corrected chi connectivity index (χ2v) is 8.71. The van der Waals surface area contributed by atoms with Crippen molar-refractivity contribution in [3.05, 3.63) is 29.3 Å². The molecule has 0 heterocycles. The first-order chi connectivity index (χ1) is 11.8. The lowest BCUT2D eigenvalue weighted by molar-refractivity contribution is 0.0695. The van der Waals surface area contributed by atoms with Gasteiger partial charge in [0.2, 0.25) is 10.0 Å². The first-order valence-corrected chi connectivity index (χ1v) is 10.6. The van der Waals surface area contributed by atoms with Crippen molar-refractivity contribution in [2.24, 2.45) is 0 Å². The quantitative estimate of drug-likeness (QED) is 0.775. The fourth-order valence-electron chi connectivity index (χ4n) is 3.53. The number of hydrogen-bond acceptors (Lipinski definition) is 3. The number of carbonyl (C=O) groups is 1. The Morgan fingerprint density at radius 2 is 1.72 bits per heavy atom. The van der Waals surface area contributed by atoms with Crippen molar-refractivity contribution < 1.29 is 13.2 Å². The van der Waals surface area contributed by atoms with Gasteiger partial charge in [0.05, 0.1) is 4.90 Å². The molecular weight excluding hydrogens is 336 g/mol. The van der Waals surface area contributed by atoms with Crippen molar-refractivity contribution >= 4 is 15.9 Å². The molecule has 0 aromatic heterocycles. The molecule has 2 rings (SSSR count). The van der Waals surface area contributed by atoms with E-state index in [4.69, 9.17) is 0 Å². The summed E-state index contributed by atoms with van der Waals surface area (Å²) in [6, 6.07) is 5.13. The zero-order valence-corrected chi connectivity index (χ0v) is 16.6. The molecule has 0 unspecified atom stereocenters. The van der Waals surface area contributed by atoms with Crippen molar-refractivity contribution in [1.82, 2.24) is 9.21 Å².